The van der Waals surface area contributed by atoms with Crippen molar-refractivity contribution in [3.8, 4) is 0 Å². The van der Waals surface area contributed by atoms with E-state index < -0.39 is 10.0 Å². The topological polar surface area (TPSA) is 66.4 Å². The second-order valence-electron chi connectivity index (χ2n) is 7.41. The van der Waals surface area contributed by atoms with Crippen LogP contribution in [0.25, 0.3) is 6.08 Å². The molecule has 6 nitrogen and oxygen atoms in total. The Bertz CT molecular complexity index is 967. The predicted molar refractivity (Wildman–Crippen MR) is 111 cm³/mol. The summed E-state index contributed by atoms with van der Waals surface area (Å²) in [5.41, 5.74) is 2.83. The minimum atomic E-state index is -3.50. The number of benzene rings is 1. The lowest BCUT2D eigenvalue weighted by Crippen LogP contribution is -2.38. The van der Waals surface area contributed by atoms with Gasteiger partial charge in [-0.05, 0) is 37.8 Å². The molecule has 4 rings (SSSR count). The first-order valence-electron chi connectivity index (χ1n) is 9.87. The third kappa shape index (κ3) is 4.10. The first kappa shape index (κ1) is 19.1. The highest BCUT2D eigenvalue weighted by molar-refractivity contribution is 7.92. The number of fused-ring (bicyclic) bond motifs is 1. The van der Waals surface area contributed by atoms with E-state index in [1.165, 1.54) is 11.8 Å². The van der Waals surface area contributed by atoms with Crippen LogP contribution in [0.4, 0.5) is 5.82 Å². The standard InChI is InChI=1S/C21H26N4O2S/c1-17-22-20-10-14-25(28(26,27)15-11-18-8-4-2-5-9-18)16-19(20)21(23-17)24-12-6-3-7-13-24/h2,4-5,8-9,11,15H,3,6-7,10,12-14,16H2,1H3/b15-11+. The van der Waals surface area contributed by atoms with Crippen LogP contribution in [-0.4, -0.2) is 42.3 Å². The lowest BCUT2D eigenvalue weighted by molar-refractivity contribution is 0.391. The lowest BCUT2D eigenvalue weighted by atomic mass is 10.1. The fourth-order valence-corrected chi connectivity index (χ4v) is 5.05. The molecule has 0 aliphatic carbocycles. The highest BCUT2D eigenvalue weighted by Crippen LogP contribution is 2.30. The van der Waals surface area contributed by atoms with E-state index in [1.54, 1.807) is 10.4 Å². The Morgan fingerprint density at radius 3 is 2.50 bits per heavy atom. The second-order valence-corrected chi connectivity index (χ2v) is 9.23. The Morgan fingerprint density at radius 1 is 1.00 bits per heavy atom. The van der Waals surface area contributed by atoms with Gasteiger partial charge in [-0.1, -0.05) is 30.3 Å². The molecule has 28 heavy (non-hydrogen) atoms. The van der Waals surface area contributed by atoms with E-state index in [4.69, 9.17) is 4.98 Å². The van der Waals surface area contributed by atoms with Gasteiger partial charge in [-0.15, -0.1) is 0 Å². The van der Waals surface area contributed by atoms with Crippen molar-refractivity contribution in [1.29, 1.82) is 0 Å². The van der Waals surface area contributed by atoms with Gasteiger partial charge in [0.05, 0.1) is 5.69 Å². The first-order chi connectivity index (χ1) is 13.5. The number of rotatable bonds is 4. The molecule has 1 saturated heterocycles. The average Bonchev–Trinajstić information content (AvgIpc) is 2.73. The number of hydrogen-bond acceptors (Lipinski definition) is 5. The summed E-state index contributed by atoms with van der Waals surface area (Å²) in [5.74, 6) is 1.69. The third-order valence-electron chi connectivity index (χ3n) is 5.36. The molecule has 0 spiro atoms. The maximum absolute atomic E-state index is 12.9. The van der Waals surface area contributed by atoms with Crippen molar-refractivity contribution < 1.29 is 8.42 Å². The van der Waals surface area contributed by atoms with Gasteiger partial charge in [0.15, 0.2) is 0 Å². The third-order valence-corrected chi connectivity index (χ3v) is 6.87. The summed E-state index contributed by atoms with van der Waals surface area (Å²) >= 11 is 0. The van der Waals surface area contributed by atoms with E-state index in [0.717, 1.165) is 54.4 Å². The van der Waals surface area contributed by atoms with Crippen molar-refractivity contribution in [2.45, 2.75) is 39.2 Å². The number of anilines is 1. The predicted octanol–water partition coefficient (Wildman–Crippen LogP) is 3.13. The molecule has 0 atom stereocenters. The van der Waals surface area contributed by atoms with E-state index in [1.807, 2.05) is 37.3 Å². The van der Waals surface area contributed by atoms with Crippen molar-refractivity contribution in [2.24, 2.45) is 0 Å². The molecule has 1 aromatic carbocycles. The Hall–Kier alpha value is -2.25. The van der Waals surface area contributed by atoms with Gasteiger partial charge in [0.1, 0.15) is 11.6 Å². The van der Waals surface area contributed by atoms with Crippen LogP contribution >= 0.6 is 0 Å². The van der Waals surface area contributed by atoms with Crippen molar-refractivity contribution in [2.75, 3.05) is 24.5 Å². The summed E-state index contributed by atoms with van der Waals surface area (Å²) in [6, 6.07) is 9.49. The normalized spacial score (nSPS) is 18.4. The van der Waals surface area contributed by atoms with Crippen molar-refractivity contribution in [3.63, 3.8) is 0 Å². The number of aromatic nitrogens is 2. The van der Waals surface area contributed by atoms with Gasteiger partial charge < -0.3 is 4.90 Å². The van der Waals surface area contributed by atoms with Gasteiger partial charge in [-0.25, -0.2) is 18.4 Å². The van der Waals surface area contributed by atoms with Gasteiger partial charge in [0.2, 0.25) is 10.0 Å². The maximum atomic E-state index is 12.9. The monoisotopic (exact) mass is 398 g/mol. The molecule has 0 radical (unpaired) electrons. The van der Waals surface area contributed by atoms with Crippen LogP contribution in [0.5, 0.6) is 0 Å². The van der Waals surface area contributed by atoms with Gasteiger partial charge in [-0.3, -0.25) is 0 Å². The van der Waals surface area contributed by atoms with Crippen molar-refractivity contribution >= 4 is 21.9 Å². The zero-order chi connectivity index (χ0) is 19.6. The van der Waals surface area contributed by atoms with Crippen LogP contribution in [-0.2, 0) is 23.0 Å². The molecule has 2 aromatic rings. The molecule has 0 saturated carbocycles. The van der Waals surface area contributed by atoms with E-state index in [0.29, 0.717) is 19.5 Å². The van der Waals surface area contributed by atoms with Crippen LogP contribution in [0.2, 0.25) is 0 Å². The number of nitrogens with zero attached hydrogens (tertiary/aromatic N) is 4. The van der Waals surface area contributed by atoms with E-state index in [-0.39, 0.29) is 0 Å². The SMILES string of the molecule is Cc1nc2c(c(N3CCCCC3)n1)CN(S(=O)(=O)/C=C/c1ccccc1)CC2. The number of hydrogen-bond donors (Lipinski definition) is 0. The van der Waals surface area contributed by atoms with Crippen molar-refractivity contribution in [3.05, 3.63) is 58.4 Å². The maximum Gasteiger partial charge on any atom is 0.236 e. The summed E-state index contributed by atoms with van der Waals surface area (Å²) in [6.07, 6.45) is 5.83. The Labute approximate surface area is 167 Å². The molecule has 1 aromatic heterocycles. The zero-order valence-corrected chi connectivity index (χ0v) is 17.0. The van der Waals surface area contributed by atoms with E-state index in [2.05, 4.69) is 9.88 Å². The summed E-state index contributed by atoms with van der Waals surface area (Å²) < 4.78 is 27.4. The van der Waals surface area contributed by atoms with Gasteiger partial charge in [0, 0.05) is 43.6 Å². The fraction of sp³-hybridized carbons (Fsp3) is 0.429. The quantitative estimate of drug-likeness (QED) is 0.792. The fourth-order valence-electron chi connectivity index (χ4n) is 3.89. The van der Waals surface area contributed by atoms with Crippen LogP contribution in [0, 0.1) is 6.92 Å². The largest absolute Gasteiger partial charge is 0.356 e. The molecular weight excluding hydrogens is 372 g/mol. The number of piperidine rings is 1. The van der Waals surface area contributed by atoms with Gasteiger partial charge in [-0.2, -0.15) is 4.31 Å². The highest BCUT2D eigenvalue weighted by Gasteiger charge is 2.30. The average molecular weight is 399 g/mol. The zero-order valence-electron chi connectivity index (χ0n) is 16.2. The van der Waals surface area contributed by atoms with Crippen molar-refractivity contribution in [1.82, 2.24) is 14.3 Å². The van der Waals surface area contributed by atoms with E-state index >= 15 is 0 Å². The molecule has 1 fully saturated rings. The second kappa shape index (κ2) is 8.01. The first-order valence-corrected chi connectivity index (χ1v) is 11.4. The van der Waals surface area contributed by atoms with Crippen LogP contribution in [0.3, 0.4) is 0 Å². The van der Waals surface area contributed by atoms with Crippen LogP contribution in [0.15, 0.2) is 35.7 Å². The summed E-state index contributed by atoms with van der Waals surface area (Å²) in [6.45, 7) is 4.65. The molecule has 2 aliphatic rings. The van der Waals surface area contributed by atoms with Gasteiger partial charge in [0.25, 0.3) is 0 Å². The summed E-state index contributed by atoms with van der Waals surface area (Å²) in [4.78, 5) is 11.6. The highest BCUT2D eigenvalue weighted by atomic mass is 32.2. The molecule has 7 heteroatoms. The van der Waals surface area contributed by atoms with Crippen LogP contribution in [0.1, 0.15) is 41.9 Å². The molecule has 3 heterocycles. The molecule has 0 amide bonds. The Morgan fingerprint density at radius 2 is 1.75 bits per heavy atom. The summed E-state index contributed by atoms with van der Waals surface area (Å²) in [5, 5.41) is 1.31. The molecule has 0 bridgehead atoms. The smallest absolute Gasteiger partial charge is 0.236 e. The molecule has 2 aliphatic heterocycles. The lowest BCUT2D eigenvalue weighted by Gasteiger charge is -2.33. The molecular formula is C21H26N4O2S. The molecule has 0 N–H and O–H groups in total. The molecule has 148 valence electrons. The van der Waals surface area contributed by atoms with Crippen LogP contribution < -0.4 is 4.90 Å². The number of aryl methyl sites for hydroxylation is 1. The summed E-state index contributed by atoms with van der Waals surface area (Å²) in [7, 11) is -3.50. The van der Waals surface area contributed by atoms with E-state index in [9.17, 15) is 8.42 Å². The molecule has 0 unspecified atom stereocenters. The number of sulfonamides is 1. The minimum Gasteiger partial charge on any atom is -0.356 e. The Balaban J connectivity index is 1.60. The minimum absolute atomic E-state index is 0.336. The Kier molecular flexibility index (Phi) is 5.46. The van der Waals surface area contributed by atoms with Gasteiger partial charge >= 0.3 is 0 Å².